The molecule has 0 bridgehead atoms. The highest BCUT2D eigenvalue weighted by molar-refractivity contribution is 6.01. The first-order valence-electron chi connectivity index (χ1n) is 9.07. The van der Waals surface area contributed by atoms with Crippen molar-refractivity contribution in [3.8, 4) is 0 Å². The zero-order chi connectivity index (χ0) is 19.0. The van der Waals surface area contributed by atoms with Crippen molar-refractivity contribution in [1.82, 2.24) is 20.1 Å². The van der Waals surface area contributed by atoms with Crippen molar-refractivity contribution in [2.24, 2.45) is 0 Å². The Bertz CT molecular complexity index is 906. The smallest absolute Gasteiger partial charge is 0.322 e. The summed E-state index contributed by atoms with van der Waals surface area (Å²) in [6.07, 6.45) is 2.45. The Morgan fingerprint density at radius 1 is 1.15 bits per heavy atom. The maximum Gasteiger partial charge on any atom is 0.322 e. The van der Waals surface area contributed by atoms with Gasteiger partial charge in [0.25, 0.3) is 5.91 Å². The lowest BCUT2D eigenvalue weighted by atomic mass is 9.95. The number of hydrogen-bond acceptors (Lipinski definition) is 3. The average Bonchev–Trinajstić information content (AvgIpc) is 3.01. The van der Waals surface area contributed by atoms with Crippen LogP contribution >= 0.6 is 0 Å². The lowest BCUT2D eigenvalue weighted by Crippen LogP contribution is -2.45. The van der Waals surface area contributed by atoms with Gasteiger partial charge in [-0.25, -0.2) is 4.79 Å². The molecule has 138 valence electrons. The molecule has 2 aliphatic rings. The van der Waals surface area contributed by atoms with Crippen LogP contribution in [-0.4, -0.2) is 46.9 Å². The summed E-state index contributed by atoms with van der Waals surface area (Å²) in [6.45, 7) is 3.04. The summed E-state index contributed by atoms with van der Waals surface area (Å²) < 4.78 is 0. The van der Waals surface area contributed by atoms with E-state index >= 15 is 0 Å². The highest BCUT2D eigenvalue weighted by Crippen LogP contribution is 2.35. The number of hydrogen-bond donors (Lipinski definition) is 1. The zero-order valence-electron chi connectivity index (χ0n) is 15.5. The van der Waals surface area contributed by atoms with E-state index in [1.807, 2.05) is 49.4 Å². The molecular formula is C21H22N4O2. The number of rotatable bonds is 4. The van der Waals surface area contributed by atoms with Crippen molar-refractivity contribution in [1.29, 1.82) is 0 Å². The predicted octanol–water partition coefficient (Wildman–Crippen LogP) is 2.43. The first-order valence-corrected chi connectivity index (χ1v) is 9.07. The van der Waals surface area contributed by atoms with Gasteiger partial charge in [0.15, 0.2) is 0 Å². The normalized spacial score (nSPS) is 19.4. The lowest BCUT2D eigenvalue weighted by Gasteiger charge is -2.31. The number of urea groups is 1. The molecule has 1 aromatic carbocycles. The molecule has 0 spiro atoms. The van der Waals surface area contributed by atoms with E-state index in [9.17, 15) is 9.59 Å². The van der Waals surface area contributed by atoms with E-state index in [2.05, 4.69) is 10.3 Å². The number of aryl methyl sites for hydroxylation is 1. The van der Waals surface area contributed by atoms with Crippen LogP contribution in [0.3, 0.4) is 0 Å². The Hall–Kier alpha value is -3.15. The van der Waals surface area contributed by atoms with Gasteiger partial charge in [-0.05, 0) is 24.6 Å². The van der Waals surface area contributed by atoms with Crippen LogP contribution in [0.25, 0.3) is 0 Å². The molecule has 2 aliphatic heterocycles. The van der Waals surface area contributed by atoms with E-state index in [0.29, 0.717) is 25.1 Å². The minimum atomic E-state index is -0.406. The highest BCUT2D eigenvalue weighted by Gasteiger charge is 2.42. The van der Waals surface area contributed by atoms with Crippen LogP contribution in [0, 0.1) is 6.92 Å². The average molecular weight is 362 g/mol. The third kappa shape index (κ3) is 3.18. The first kappa shape index (κ1) is 17.3. The molecule has 6 heteroatoms. The Morgan fingerprint density at radius 3 is 2.63 bits per heavy atom. The summed E-state index contributed by atoms with van der Waals surface area (Å²) in [5.74, 6) is -0.0154. The van der Waals surface area contributed by atoms with Gasteiger partial charge >= 0.3 is 6.03 Å². The van der Waals surface area contributed by atoms with Crippen molar-refractivity contribution in [2.75, 3.05) is 20.1 Å². The summed E-state index contributed by atoms with van der Waals surface area (Å²) >= 11 is 0. The third-order valence-corrected chi connectivity index (χ3v) is 5.21. The van der Waals surface area contributed by atoms with E-state index in [1.165, 1.54) is 0 Å². The number of pyridine rings is 1. The molecule has 6 nitrogen and oxygen atoms in total. The molecule has 3 heterocycles. The summed E-state index contributed by atoms with van der Waals surface area (Å²) in [7, 11) is 1.71. The van der Waals surface area contributed by atoms with Crippen molar-refractivity contribution in [2.45, 2.75) is 19.4 Å². The Kier molecular flexibility index (Phi) is 4.39. The maximum atomic E-state index is 13.1. The number of carbonyl (C=O) groups is 2. The van der Waals surface area contributed by atoms with Gasteiger partial charge in [0.05, 0.1) is 23.9 Å². The Labute approximate surface area is 158 Å². The second-order valence-corrected chi connectivity index (χ2v) is 7.01. The molecule has 0 fully saturated rings. The third-order valence-electron chi connectivity index (χ3n) is 5.21. The number of nitrogens with zero attached hydrogens (tertiary/aromatic N) is 3. The van der Waals surface area contributed by atoms with E-state index in [-0.39, 0.29) is 11.9 Å². The van der Waals surface area contributed by atoms with Crippen molar-refractivity contribution in [3.05, 3.63) is 76.8 Å². The summed E-state index contributed by atoms with van der Waals surface area (Å²) in [5, 5.41) is 2.97. The summed E-state index contributed by atoms with van der Waals surface area (Å²) in [5.41, 5.74) is 4.47. The molecule has 1 aromatic heterocycles. The van der Waals surface area contributed by atoms with Crippen LogP contribution in [0.5, 0.6) is 0 Å². The van der Waals surface area contributed by atoms with Crippen LogP contribution in [0.1, 0.15) is 22.9 Å². The largest absolute Gasteiger partial charge is 0.333 e. The minimum Gasteiger partial charge on any atom is -0.333 e. The van der Waals surface area contributed by atoms with E-state index in [1.54, 1.807) is 23.0 Å². The molecule has 4 rings (SSSR count). The summed E-state index contributed by atoms with van der Waals surface area (Å²) in [6, 6.07) is 13.1. The molecule has 0 radical (unpaired) electrons. The van der Waals surface area contributed by atoms with Gasteiger partial charge in [0.2, 0.25) is 0 Å². The number of amides is 3. The SMILES string of the molecule is Cc1ccc(C2NC(=O)N(C)C3=C2C(=O)N(CCc2ccccn2)C3)cc1. The van der Waals surface area contributed by atoms with Gasteiger partial charge in [-0.1, -0.05) is 35.9 Å². The maximum absolute atomic E-state index is 13.1. The number of aromatic nitrogens is 1. The van der Waals surface area contributed by atoms with E-state index in [0.717, 1.165) is 22.5 Å². The van der Waals surface area contributed by atoms with Crippen molar-refractivity contribution < 1.29 is 9.59 Å². The van der Waals surface area contributed by atoms with Crippen LogP contribution in [0.4, 0.5) is 4.79 Å². The molecule has 0 aliphatic carbocycles. The van der Waals surface area contributed by atoms with Crippen LogP contribution < -0.4 is 5.32 Å². The first-order chi connectivity index (χ1) is 13.0. The second kappa shape index (κ2) is 6.87. The molecule has 2 aromatic rings. The fourth-order valence-corrected chi connectivity index (χ4v) is 3.61. The number of likely N-dealkylation sites (N-methyl/N-ethyl adjacent to an activating group) is 1. The van der Waals surface area contributed by atoms with Crippen LogP contribution in [0.2, 0.25) is 0 Å². The van der Waals surface area contributed by atoms with Gasteiger partial charge in [0.1, 0.15) is 0 Å². The van der Waals surface area contributed by atoms with Gasteiger partial charge in [-0.3, -0.25) is 14.7 Å². The number of benzene rings is 1. The molecular weight excluding hydrogens is 340 g/mol. The van der Waals surface area contributed by atoms with Crippen LogP contribution in [-0.2, 0) is 11.2 Å². The van der Waals surface area contributed by atoms with E-state index in [4.69, 9.17) is 0 Å². The molecule has 27 heavy (non-hydrogen) atoms. The molecule has 0 saturated carbocycles. The minimum absolute atomic E-state index is 0.0154. The fraction of sp³-hybridized carbons (Fsp3) is 0.286. The van der Waals surface area contributed by atoms with Gasteiger partial charge in [-0.2, -0.15) is 0 Å². The quantitative estimate of drug-likeness (QED) is 0.908. The Balaban J connectivity index is 1.59. The van der Waals surface area contributed by atoms with E-state index < -0.39 is 6.04 Å². The molecule has 1 unspecified atom stereocenters. The molecule has 1 N–H and O–H groups in total. The zero-order valence-corrected chi connectivity index (χ0v) is 15.5. The van der Waals surface area contributed by atoms with Crippen LogP contribution in [0.15, 0.2) is 59.9 Å². The van der Waals surface area contributed by atoms with Crippen molar-refractivity contribution in [3.63, 3.8) is 0 Å². The highest BCUT2D eigenvalue weighted by atomic mass is 16.2. The number of carbonyl (C=O) groups excluding carboxylic acids is 2. The number of nitrogens with one attached hydrogen (secondary N) is 1. The Morgan fingerprint density at radius 2 is 1.93 bits per heavy atom. The molecule has 0 saturated heterocycles. The molecule has 3 amide bonds. The fourth-order valence-electron chi connectivity index (χ4n) is 3.61. The van der Waals surface area contributed by atoms with Gasteiger partial charge < -0.3 is 10.2 Å². The summed E-state index contributed by atoms with van der Waals surface area (Å²) in [4.78, 5) is 33.2. The van der Waals surface area contributed by atoms with Gasteiger partial charge in [-0.15, -0.1) is 0 Å². The predicted molar refractivity (Wildman–Crippen MR) is 102 cm³/mol. The van der Waals surface area contributed by atoms with Crippen molar-refractivity contribution >= 4 is 11.9 Å². The monoisotopic (exact) mass is 362 g/mol. The van der Waals surface area contributed by atoms with Gasteiger partial charge in [0, 0.05) is 31.9 Å². The molecule has 1 atom stereocenters. The second-order valence-electron chi connectivity index (χ2n) is 7.01. The standard InChI is InChI=1S/C21H22N4O2/c1-14-6-8-15(9-7-14)19-18-17(24(2)21(27)23-19)13-25(20(18)26)12-10-16-5-3-4-11-22-16/h3-9,11,19H,10,12-13H2,1-2H3,(H,23,27). The lowest BCUT2D eigenvalue weighted by molar-refractivity contribution is -0.125. The topological polar surface area (TPSA) is 65.5 Å².